The average molecular weight is 1120 g/mol. The van der Waals surface area contributed by atoms with E-state index in [-0.39, 0.29) is 30.5 Å². The first-order chi connectivity index (χ1) is 37.1. The molecule has 1 N–H and O–H groups in total. The van der Waals surface area contributed by atoms with Crippen LogP contribution in [0.2, 0.25) is 23.2 Å². The fourth-order valence-corrected chi connectivity index (χ4v) is 11.0. The molecular weight excluding hydrogens is 1050 g/mol. The van der Waals surface area contributed by atoms with E-state index in [0.29, 0.717) is 99.0 Å². The molecule has 3 aromatic heterocycles. The lowest BCUT2D eigenvalue weighted by molar-refractivity contribution is -0.145. The zero-order valence-electron chi connectivity index (χ0n) is 45.9. The van der Waals surface area contributed by atoms with E-state index in [2.05, 4.69) is 53.7 Å². The zero-order valence-corrected chi connectivity index (χ0v) is 48.5. The van der Waals surface area contributed by atoms with Gasteiger partial charge in [-0.25, -0.2) is 33.9 Å². The van der Waals surface area contributed by atoms with Gasteiger partial charge in [0, 0.05) is 60.8 Å². The van der Waals surface area contributed by atoms with Crippen molar-refractivity contribution in [2.45, 2.75) is 104 Å². The average Bonchev–Trinajstić information content (AvgIpc) is 3.90. The molecule has 1 unspecified atom stereocenters. The van der Waals surface area contributed by atoms with Gasteiger partial charge in [0.05, 0.1) is 43.6 Å². The number of thiophene rings is 1. The van der Waals surface area contributed by atoms with Crippen LogP contribution in [0.5, 0.6) is 17.4 Å². The Balaban J connectivity index is 1.18. The van der Waals surface area contributed by atoms with Gasteiger partial charge in [-0.1, -0.05) is 80.9 Å². The number of amides is 1. The molecule has 1 atom stereocenters. The van der Waals surface area contributed by atoms with Crippen LogP contribution in [0.4, 0.5) is 9.18 Å². The number of morpholine rings is 1. The highest BCUT2D eigenvalue weighted by atomic mass is 35.5. The predicted octanol–water partition coefficient (Wildman–Crippen LogP) is 12.8. The van der Waals surface area contributed by atoms with E-state index < -0.39 is 37.9 Å². The van der Waals surface area contributed by atoms with Crippen LogP contribution in [0, 0.1) is 12.7 Å². The number of aliphatic carboxylic acids is 1. The maximum Gasteiger partial charge on any atom is 0.410 e. The molecule has 0 saturated carbocycles. The van der Waals surface area contributed by atoms with Crippen LogP contribution in [0.1, 0.15) is 69.5 Å². The number of methoxy groups -OCH3 is 1. The van der Waals surface area contributed by atoms with Gasteiger partial charge >= 0.3 is 12.1 Å². The quantitative estimate of drug-likeness (QED) is 0.0716. The first-order valence-corrected chi connectivity index (χ1v) is 30.0. The van der Waals surface area contributed by atoms with Gasteiger partial charge in [-0.2, -0.15) is 0 Å². The summed E-state index contributed by atoms with van der Waals surface area (Å²) in [4.78, 5) is 51.2. The van der Waals surface area contributed by atoms with Gasteiger partial charge in [0.2, 0.25) is 12.0 Å². The SMILES string of the molecule is COc1ccccc1-c1nccc(COc2ccc(CN(CCN3CCOCC3)C(=O)OC(C)(C)C)cc2CC(Oc2ncnc3sc(-c4ccc(F)cc4)c(-c4ccc(CO[Si](C)(C)C(C)(C)C)c(Cl)c4C)c23)C(=O)O)n1. The second kappa shape index (κ2) is 24.6. The number of nitrogens with zero attached hydrogens (tertiary/aromatic N) is 6. The maximum absolute atomic E-state index is 14.5. The number of halogens is 2. The van der Waals surface area contributed by atoms with E-state index >= 15 is 0 Å². The highest BCUT2D eigenvalue weighted by molar-refractivity contribution is 7.22. The monoisotopic (exact) mass is 1120 g/mol. The maximum atomic E-state index is 14.5. The third-order valence-electron chi connectivity index (χ3n) is 14.0. The van der Waals surface area contributed by atoms with Gasteiger partial charge in [0.25, 0.3) is 0 Å². The van der Waals surface area contributed by atoms with E-state index in [0.717, 1.165) is 34.7 Å². The molecule has 15 nitrogen and oxygen atoms in total. The van der Waals surface area contributed by atoms with Crippen LogP contribution < -0.4 is 14.2 Å². The molecule has 412 valence electrons. The van der Waals surface area contributed by atoms with Gasteiger partial charge in [-0.3, -0.25) is 4.90 Å². The summed E-state index contributed by atoms with van der Waals surface area (Å²) in [5, 5.41) is 12.1. The van der Waals surface area contributed by atoms with Gasteiger partial charge in [-0.05, 0) is 116 Å². The molecule has 0 aliphatic carbocycles. The Labute approximate surface area is 465 Å². The molecule has 4 aromatic carbocycles. The Morgan fingerprint density at radius 3 is 2.36 bits per heavy atom. The summed E-state index contributed by atoms with van der Waals surface area (Å²) in [5.41, 5.74) is 5.37. The summed E-state index contributed by atoms with van der Waals surface area (Å²) in [5.74, 6) is -0.215. The minimum Gasteiger partial charge on any atom is -0.496 e. The van der Waals surface area contributed by atoms with Crippen LogP contribution in [0.15, 0.2) is 97.5 Å². The molecule has 1 aliphatic rings. The predicted molar refractivity (Wildman–Crippen MR) is 304 cm³/mol. The minimum atomic E-state index is -2.13. The van der Waals surface area contributed by atoms with Crippen molar-refractivity contribution in [3.8, 4) is 50.3 Å². The van der Waals surface area contributed by atoms with Gasteiger partial charge < -0.3 is 38.1 Å². The first kappa shape index (κ1) is 57.6. The van der Waals surface area contributed by atoms with Crippen molar-refractivity contribution in [1.29, 1.82) is 0 Å². The normalized spacial score (nSPS) is 13.8. The Morgan fingerprint density at radius 2 is 1.65 bits per heavy atom. The molecule has 0 spiro atoms. The van der Waals surface area contributed by atoms with E-state index in [1.807, 2.05) is 76.2 Å². The number of aromatic nitrogens is 4. The second-order valence-electron chi connectivity index (χ2n) is 21.7. The Hall–Kier alpha value is -6.54. The Kier molecular flexibility index (Phi) is 18.2. The molecule has 78 heavy (non-hydrogen) atoms. The van der Waals surface area contributed by atoms with E-state index in [9.17, 15) is 19.1 Å². The lowest BCUT2D eigenvalue weighted by Crippen LogP contribution is -2.44. The van der Waals surface area contributed by atoms with Crippen LogP contribution in [-0.2, 0) is 44.9 Å². The fourth-order valence-electron chi connectivity index (χ4n) is 8.66. The lowest BCUT2D eigenvalue weighted by Gasteiger charge is -2.36. The van der Waals surface area contributed by atoms with Crippen molar-refractivity contribution in [3.05, 3.63) is 136 Å². The van der Waals surface area contributed by atoms with E-state index in [1.165, 1.54) is 29.8 Å². The molecule has 1 aliphatic heterocycles. The van der Waals surface area contributed by atoms with Gasteiger partial charge in [0.1, 0.15) is 40.7 Å². The molecule has 4 heterocycles. The van der Waals surface area contributed by atoms with Crippen LogP contribution in [-0.4, -0.2) is 113 Å². The van der Waals surface area contributed by atoms with Crippen molar-refractivity contribution >= 4 is 53.5 Å². The number of para-hydroxylation sites is 1. The number of carbonyl (C=O) groups is 2. The molecule has 7 aromatic rings. The Morgan fingerprint density at radius 1 is 0.910 bits per heavy atom. The summed E-state index contributed by atoms with van der Waals surface area (Å²) < 4.78 is 51.3. The van der Waals surface area contributed by atoms with Gasteiger partial charge in [0.15, 0.2) is 14.1 Å². The number of carbonyl (C=O) groups excluding carboxylic acids is 1. The highest BCUT2D eigenvalue weighted by Crippen LogP contribution is 2.49. The van der Waals surface area contributed by atoms with Crippen molar-refractivity contribution in [3.63, 3.8) is 0 Å². The standard InChI is InChI=1S/C59H68ClFN6O9SSi/c1-37-44(21-18-40(51(37)60)34-74-78(9,10)59(5,6)7)49-50-54(63-36-64-55(50)77-52(49)39-16-19-42(61)20-17-39)75-48(56(68)69)32-41-31-38(33-67(57(70)76-58(2,3)4)26-25-66-27-29-72-30-28-66)15-22-46(41)73-35-43-23-24-62-53(65-43)45-13-11-12-14-47(45)71-8/h11-24,31,36,48H,25-30,32-35H2,1-10H3,(H,68,69). The third kappa shape index (κ3) is 14.0. The lowest BCUT2D eigenvalue weighted by atomic mass is 9.94. The Bertz CT molecular complexity index is 3250. The van der Waals surface area contributed by atoms with Crippen LogP contribution in [0.3, 0.4) is 0 Å². The second-order valence-corrected chi connectivity index (χ2v) is 27.9. The molecular formula is C59H68ClFN6O9SSi. The smallest absolute Gasteiger partial charge is 0.410 e. The highest BCUT2D eigenvalue weighted by Gasteiger charge is 2.37. The zero-order chi connectivity index (χ0) is 55.9. The number of hydrogen-bond acceptors (Lipinski definition) is 14. The van der Waals surface area contributed by atoms with Crippen LogP contribution in [0.25, 0.3) is 43.2 Å². The number of rotatable bonds is 20. The molecule has 8 rings (SSSR count). The summed E-state index contributed by atoms with van der Waals surface area (Å²) in [6.45, 7) is 22.5. The number of ether oxygens (including phenoxy) is 5. The molecule has 0 bridgehead atoms. The van der Waals surface area contributed by atoms with Crippen molar-refractivity contribution in [1.82, 2.24) is 29.7 Å². The molecule has 19 heteroatoms. The van der Waals surface area contributed by atoms with Crippen LogP contribution >= 0.6 is 22.9 Å². The summed E-state index contributed by atoms with van der Waals surface area (Å²) >= 11 is 8.59. The summed E-state index contributed by atoms with van der Waals surface area (Å²) in [6, 6.07) is 24.7. The molecule has 1 saturated heterocycles. The molecule has 1 amide bonds. The number of benzene rings is 4. The van der Waals surface area contributed by atoms with E-state index in [4.69, 9.17) is 44.7 Å². The molecule has 1 fully saturated rings. The summed E-state index contributed by atoms with van der Waals surface area (Å²) in [7, 11) is -0.549. The van der Waals surface area contributed by atoms with Crippen molar-refractivity contribution in [2.75, 3.05) is 46.5 Å². The third-order valence-corrected chi connectivity index (χ3v) is 20.2. The van der Waals surface area contributed by atoms with Crippen molar-refractivity contribution < 1.29 is 47.2 Å². The fraction of sp³-hybridized carbons (Fsp3) is 0.390. The number of fused-ring (bicyclic) bond motifs is 1. The number of hydrogen-bond donors (Lipinski definition) is 1. The number of carboxylic acids is 1. The number of carboxylic acid groups (broad SMARTS) is 1. The van der Waals surface area contributed by atoms with Crippen molar-refractivity contribution in [2.24, 2.45) is 0 Å². The first-order valence-electron chi connectivity index (χ1n) is 25.9. The summed E-state index contributed by atoms with van der Waals surface area (Å²) in [6.07, 6.45) is 0.777. The van der Waals surface area contributed by atoms with Gasteiger partial charge in [-0.15, -0.1) is 11.3 Å². The largest absolute Gasteiger partial charge is 0.496 e. The molecule has 0 radical (unpaired) electrons. The topological polar surface area (TPSA) is 168 Å². The minimum absolute atomic E-state index is 0.000728. The van der Waals surface area contributed by atoms with E-state index in [1.54, 1.807) is 42.5 Å².